The van der Waals surface area contributed by atoms with Crippen molar-refractivity contribution in [1.29, 1.82) is 0 Å². The summed E-state index contributed by atoms with van der Waals surface area (Å²) in [7, 11) is 1.68. The van der Waals surface area contributed by atoms with Gasteiger partial charge in [0.1, 0.15) is 5.75 Å². The predicted octanol–water partition coefficient (Wildman–Crippen LogP) is 7.06. The van der Waals surface area contributed by atoms with Gasteiger partial charge in [0.05, 0.1) is 7.11 Å². The lowest BCUT2D eigenvalue weighted by Crippen LogP contribution is -2.15. The summed E-state index contributed by atoms with van der Waals surface area (Å²) in [5, 5.41) is 11.4. The molecule has 0 aliphatic heterocycles. The van der Waals surface area contributed by atoms with Crippen molar-refractivity contribution >= 4 is 35.0 Å². The number of aromatic nitrogens is 3. The Balaban J connectivity index is 1.64. The molecular formula is C22H23Cl2N3OS. The van der Waals surface area contributed by atoms with Crippen LogP contribution in [0.4, 0.5) is 0 Å². The molecule has 4 rings (SSSR count). The van der Waals surface area contributed by atoms with E-state index in [9.17, 15) is 0 Å². The van der Waals surface area contributed by atoms with Gasteiger partial charge in [-0.1, -0.05) is 60.3 Å². The van der Waals surface area contributed by atoms with Crippen LogP contribution in [0.2, 0.25) is 10.0 Å². The molecule has 0 bridgehead atoms. The number of halogens is 2. The van der Waals surface area contributed by atoms with Crippen LogP contribution in [0, 0.1) is 0 Å². The molecule has 152 valence electrons. The zero-order chi connectivity index (χ0) is 20.2. The van der Waals surface area contributed by atoms with Gasteiger partial charge in [0.15, 0.2) is 11.0 Å². The molecule has 1 aliphatic carbocycles. The Bertz CT molecular complexity index is 969. The zero-order valence-electron chi connectivity index (χ0n) is 16.3. The number of benzene rings is 2. The molecular weight excluding hydrogens is 425 g/mol. The van der Waals surface area contributed by atoms with Gasteiger partial charge in [0.25, 0.3) is 0 Å². The summed E-state index contributed by atoms with van der Waals surface area (Å²) >= 11 is 14.1. The highest BCUT2D eigenvalue weighted by Crippen LogP contribution is 2.37. The average molecular weight is 448 g/mol. The standard InChI is InChI=1S/C22H23Cl2N3OS/c1-28-19-11-8-15(9-12-19)21-25-26-22(27(21)18-5-3-2-4-6-18)29-14-16-7-10-17(23)13-20(16)24/h7-13,18H,2-6,14H2,1H3. The van der Waals surface area contributed by atoms with E-state index in [-0.39, 0.29) is 0 Å². The topological polar surface area (TPSA) is 39.9 Å². The van der Waals surface area contributed by atoms with Crippen LogP contribution in [-0.4, -0.2) is 21.9 Å². The molecule has 1 saturated carbocycles. The maximum absolute atomic E-state index is 6.36. The number of hydrogen-bond donors (Lipinski definition) is 0. The van der Waals surface area contributed by atoms with Crippen LogP contribution in [0.3, 0.4) is 0 Å². The van der Waals surface area contributed by atoms with Crippen LogP contribution >= 0.6 is 35.0 Å². The summed E-state index contributed by atoms with van der Waals surface area (Å²) in [4.78, 5) is 0. The number of ether oxygens (including phenoxy) is 1. The number of thioether (sulfide) groups is 1. The average Bonchev–Trinajstić information content (AvgIpc) is 3.18. The van der Waals surface area contributed by atoms with Gasteiger partial charge >= 0.3 is 0 Å². The Hall–Kier alpha value is -1.69. The molecule has 29 heavy (non-hydrogen) atoms. The van der Waals surface area contributed by atoms with E-state index in [4.69, 9.17) is 27.9 Å². The maximum atomic E-state index is 6.36. The van der Waals surface area contributed by atoms with E-state index >= 15 is 0 Å². The van der Waals surface area contributed by atoms with E-state index in [1.54, 1.807) is 24.9 Å². The Morgan fingerprint density at radius 2 is 1.79 bits per heavy atom. The Morgan fingerprint density at radius 1 is 1.03 bits per heavy atom. The minimum Gasteiger partial charge on any atom is -0.497 e. The van der Waals surface area contributed by atoms with Crippen LogP contribution in [0.25, 0.3) is 11.4 Å². The summed E-state index contributed by atoms with van der Waals surface area (Å²) in [6.45, 7) is 0. The van der Waals surface area contributed by atoms with Crippen LogP contribution in [0.15, 0.2) is 47.6 Å². The summed E-state index contributed by atoms with van der Waals surface area (Å²) in [6, 6.07) is 14.1. The van der Waals surface area contributed by atoms with E-state index in [1.807, 2.05) is 36.4 Å². The minimum absolute atomic E-state index is 0.430. The second kappa shape index (κ2) is 9.41. The lowest BCUT2D eigenvalue weighted by Gasteiger charge is -2.25. The first-order valence-corrected chi connectivity index (χ1v) is 11.6. The van der Waals surface area contributed by atoms with E-state index in [0.29, 0.717) is 16.1 Å². The first-order valence-electron chi connectivity index (χ1n) is 9.82. The van der Waals surface area contributed by atoms with Gasteiger partial charge in [-0.15, -0.1) is 10.2 Å². The van der Waals surface area contributed by atoms with Crippen molar-refractivity contribution in [1.82, 2.24) is 14.8 Å². The molecule has 1 heterocycles. The fourth-order valence-electron chi connectivity index (χ4n) is 3.76. The Kier molecular flexibility index (Phi) is 6.68. The Morgan fingerprint density at radius 3 is 2.48 bits per heavy atom. The third kappa shape index (κ3) is 4.73. The van der Waals surface area contributed by atoms with Crippen LogP contribution < -0.4 is 4.74 Å². The van der Waals surface area contributed by atoms with E-state index in [0.717, 1.165) is 46.5 Å². The summed E-state index contributed by atoms with van der Waals surface area (Å²) in [5.41, 5.74) is 2.10. The first-order chi connectivity index (χ1) is 14.2. The zero-order valence-corrected chi connectivity index (χ0v) is 18.6. The minimum atomic E-state index is 0.430. The molecule has 0 spiro atoms. The van der Waals surface area contributed by atoms with E-state index in [1.165, 1.54) is 19.3 Å². The highest BCUT2D eigenvalue weighted by molar-refractivity contribution is 7.98. The molecule has 1 fully saturated rings. The molecule has 3 aromatic rings. The molecule has 1 aliphatic rings. The molecule has 7 heteroatoms. The third-order valence-corrected chi connectivity index (χ3v) is 6.90. The van der Waals surface area contributed by atoms with Gasteiger partial charge in [0, 0.05) is 27.4 Å². The number of hydrogen-bond acceptors (Lipinski definition) is 4. The van der Waals surface area contributed by atoms with E-state index < -0.39 is 0 Å². The normalized spacial score (nSPS) is 14.9. The van der Waals surface area contributed by atoms with Crippen LogP contribution in [0.1, 0.15) is 43.7 Å². The molecule has 0 radical (unpaired) electrons. The highest BCUT2D eigenvalue weighted by atomic mass is 35.5. The number of nitrogens with zero attached hydrogens (tertiary/aromatic N) is 3. The van der Waals surface area contributed by atoms with Crippen LogP contribution in [-0.2, 0) is 5.75 Å². The van der Waals surface area contributed by atoms with Crippen LogP contribution in [0.5, 0.6) is 5.75 Å². The summed E-state index contributed by atoms with van der Waals surface area (Å²) < 4.78 is 7.62. The molecule has 0 amide bonds. The van der Waals surface area contributed by atoms with Crippen molar-refractivity contribution in [2.24, 2.45) is 0 Å². The molecule has 0 atom stereocenters. The van der Waals surface area contributed by atoms with Gasteiger partial charge in [-0.25, -0.2) is 0 Å². The van der Waals surface area contributed by atoms with Crippen molar-refractivity contribution in [3.8, 4) is 17.1 Å². The van der Waals surface area contributed by atoms with Crippen molar-refractivity contribution in [2.45, 2.75) is 49.1 Å². The SMILES string of the molecule is COc1ccc(-c2nnc(SCc3ccc(Cl)cc3Cl)n2C2CCCCC2)cc1. The fraction of sp³-hybridized carbons (Fsp3) is 0.364. The largest absolute Gasteiger partial charge is 0.497 e. The van der Waals surface area contributed by atoms with E-state index in [2.05, 4.69) is 14.8 Å². The molecule has 1 aromatic heterocycles. The van der Waals surface area contributed by atoms with Crippen molar-refractivity contribution in [3.63, 3.8) is 0 Å². The quantitative estimate of drug-likeness (QED) is 0.379. The first kappa shape index (κ1) is 20.6. The predicted molar refractivity (Wildman–Crippen MR) is 120 cm³/mol. The fourth-order valence-corrected chi connectivity index (χ4v) is 5.33. The Labute approximate surface area is 185 Å². The molecule has 4 nitrogen and oxygen atoms in total. The van der Waals surface area contributed by atoms with Gasteiger partial charge in [-0.05, 0) is 54.8 Å². The third-order valence-electron chi connectivity index (χ3n) is 5.32. The molecule has 0 N–H and O–H groups in total. The maximum Gasteiger partial charge on any atom is 0.192 e. The summed E-state index contributed by atoms with van der Waals surface area (Å²) in [6.07, 6.45) is 6.13. The number of rotatable bonds is 6. The van der Waals surface area contributed by atoms with Crippen molar-refractivity contribution < 1.29 is 4.74 Å². The smallest absolute Gasteiger partial charge is 0.192 e. The van der Waals surface area contributed by atoms with Gasteiger partial charge in [-0.3, -0.25) is 4.57 Å². The molecule has 0 unspecified atom stereocenters. The van der Waals surface area contributed by atoms with Gasteiger partial charge < -0.3 is 4.74 Å². The van der Waals surface area contributed by atoms with Crippen molar-refractivity contribution in [2.75, 3.05) is 7.11 Å². The second-order valence-electron chi connectivity index (χ2n) is 7.22. The lowest BCUT2D eigenvalue weighted by molar-refractivity contribution is 0.339. The second-order valence-corrected chi connectivity index (χ2v) is 9.01. The summed E-state index contributed by atoms with van der Waals surface area (Å²) in [5.74, 6) is 2.48. The monoisotopic (exact) mass is 447 g/mol. The lowest BCUT2D eigenvalue weighted by atomic mass is 9.95. The number of methoxy groups -OCH3 is 1. The van der Waals surface area contributed by atoms with Gasteiger partial charge in [-0.2, -0.15) is 0 Å². The molecule has 2 aromatic carbocycles. The van der Waals surface area contributed by atoms with Gasteiger partial charge in [0.2, 0.25) is 0 Å². The molecule has 0 saturated heterocycles. The highest BCUT2D eigenvalue weighted by Gasteiger charge is 2.24. The van der Waals surface area contributed by atoms with Crippen molar-refractivity contribution in [3.05, 3.63) is 58.1 Å².